The van der Waals surface area contributed by atoms with E-state index in [4.69, 9.17) is 14.2 Å². The number of benzene rings is 3. The van der Waals surface area contributed by atoms with Crippen LogP contribution in [0.4, 0.5) is 0 Å². The molecular weight excluding hydrogens is 586 g/mol. The molecule has 0 radical (unpaired) electrons. The molecule has 0 fully saturated rings. The SMILES string of the molecule is CCCCCCCCCCOc1ccc(OC(=O)c2ccc(OC(=O)c3ccc(CC[C@@H](C)CCCC(C)C)c(C#N)c3)cc2)cc1. The third kappa shape index (κ3) is 14.0. The average molecular weight is 640 g/mol. The van der Waals surface area contributed by atoms with Crippen LogP contribution in [0.3, 0.4) is 0 Å². The highest BCUT2D eigenvalue weighted by atomic mass is 16.5. The van der Waals surface area contributed by atoms with Crippen molar-refractivity contribution < 1.29 is 23.8 Å². The summed E-state index contributed by atoms with van der Waals surface area (Å²) in [6.45, 7) is 9.67. The van der Waals surface area contributed by atoms with Gasteiger partial charge in [-0.15, -0.1) is 0 Å². The van der Waals surface area contributed by atoms with Crippen LogP contribution in [0, 0.1) is 23.2 Å². The maximum atomic E-state index is 12.8. The molecule has 6 nitrogen and oxygen atoms in total. The van der Waals surface area contributed by atoms with Crippen LogP contribution in [-0.2, 0) is 6.42 Å². The van der Waals surface area contributed by atoms with Crippen molar-refractivity contribution in [2.45, 2.75) is 111 Å². The number of ether oxygens (including phenoxy) is 3. The quantitative estimate of drug-likeness (QED) is 0.0655. The molecule has 0 aliphatic rings. The Labute approximate surface area is 282 Å². The standard InChI is InChI=1S/C41H53NO5/c1-5-6-7-8-9-10-11-12-28-45-37-24-26-39(27-25-37)46-40(43)34-20-22-38(23-21-34)47-41(44)35-19-18-33(36(29-35)30-42)17-16-32(4)15-13-14-31(2)3/h18-27,29,31-32H,5-17,28H2,1-4H3/t32-/m0/s1. The van der Waals surface area contributed by atoms with Gasteiger partial charge in [-0.2, -0.15) is 5.26 Å². The number of hydrogen-bond acceptors (Lipinski definition) is 6. The van der Waals surface area contributed by atoms with Crippen LogP contribution in [0.1, 0.15) is 137 Å². The Morgan fingerprint density at radius 3 is 1.83 bits per heavy atom. The highest BCUT2D eigenvalue weighted by molar-refractivity contribution is 5.93. The highest BCUT2D eigenvalue weighted by Gasteiger charge is 2.15. The third-order valence-electron chi connectivity index (χ3n) is 8.45. The number of nitriles is 1. The lowest BCUT2D eigenvalue weighted by Crippen LogP contribution is -2.11. The molecule has 6 heteroatoms. The highest BCUT2D eigenvalue weighted by Crippen LogP contribution is 2.23. The van der Waals surface area contributed by atoms with Crippen molar-refractivity contribution in [2.24, 2.45) is 11.8 Å². The van der Waals surface area contributed by atoms with Gasteiger partial charge in [-0.25, -0.2) is 9.59 Å². The number of unbranched alkanes of at least 4 members (excludes halogenated alkanes) is 7. The number of rotatable bonds is 21. The predicted octanol–water partition coefficient (Wildman–Crippen LogP) is 10.9. The molecule has 0 heterocycles. The zero-order chi connectivity index (χ0) is 33.9. The number of esters is 2. The van der Waals surface area contributed by atoms with Crippen molar-refractivity contribution in [3.05, 3.63) is 89.0 Å². The van der Waals surface area contributed by atoms with E-state index in [1.54, 1.807) is 60.7 Å². The van der Waals surface area contributed by atoms with Crippen LogP contribution in [-0.4, -0.2) is 18.5 Å². The normalized spacial score (nSPS) is 11.6. The van der Waals surface area contributed by atoms with E-state index in [0.29, 0.717) is 40.7 Å². The Kier molecular flexibility index (Phi) is 16.6. The van der Waals surface area contributed by atoms with Crippen molar-refractivity contribution in [1.82, 2.24) is 0 Å². The molecule has 1 atom stereocenters. The van der Waals surface area contributed by atoms with Crippen LogP contribution >= 0.6 is 0 Å². The van der Waals surface area contributed by atoms with Gasteiger partial charge >= 0.3 is 11.9 Å². The summed E-state index contributed by atoms with van der Waals surface area (Å²) in [7, 11) is 0. The van der Waals surface area contributed by atoms with Crippen LogP contribution in [0.15, 0.2) is 66.7 Å². The molecule has 0 spiro atoms. The van der Waals surface area contributed by atoms with Gasteiger partial charge in [-0.05, 0) is 97.3 Å². The molecule has 3 aromatic rings. The summed E-state index contributed by atoms with van der Waals surface area (Å²) < 4.78 is 16.9. The third-order valence-corrected chi connectivity index (χ3v) is 8.45. The topological polar surface area (TPSA) is 85.6 Å². The molecule has 0 unspecified atom stereocenters. The van der Waals surface area contributed by atoms with Gasteiger partial charge in [0, 0.05) is 0 Å². The molecule has 0 aromatic heterocycles. The van der Waals surface area contributed by atoms with Crippen molar-refractivity contribution in [2.75, 3.05) is 6.61 Å². The second kappa shape index (κ2) is 20.9. The van der Waals surface area contributed by atoms with E-state index in [1.165, 1.54) is 64.2 Å². The molecule has 0 amide bonds. The Morgan fingerprint density at radius 1 is 0.660 bits per heavy atom. The van der Waals surface area contributed by atoms with Gasteiger partial charge < -0.3 is 14.2 Å². The second-order valence-electron chi connectivity index (χ2n) is 13.1. The number of carbonyl (C=O) groups is 2. The number of nitrogens with zero attached hydrogens (tertiary/aromatic N) is 1. The molecule has 0 saturated heterocycles. The summed E-state index contributed by atoms with van der Waals surface area (Å²) in [5.41, 5.74) is 2.08. The summed E-state index contributed by atoms with van der Waals surface area (Å²) >= 11 is 0. The van der Waals surface area contributed by atoms with Gasteiger partial charge in [0.2, 0.25) is 0 Å². The maximum Gasteiger partial charge on any atom is 0.343 e. The van der Waals surface area contributed by atoms with E-state index in [-0.39, 0.29) is 0 Å². The maximum absolute atomic E-state index is 12.8. The van der Waals surface area contributed by atoms with Gasteiger partial charge in [0.15, 0.2) is 0 Å². The van der Waals surface area contributed by atoms with Crippen molar-refractivity contribution in [1.29, 1.82) is 5.26 Å². The van der Waals surface area contributed by atoms with Crippen LogP contribution in [0.5, 0.6) is 17.2 Å². The van der Waals surface area contributed by atoms with Gasteiger partial charge in [0.05, 0.1) is 29.4 Å². The van der Waals surface area contributed by atoms with Crippen molar-refractivity contribution >= 4 is 11.9 Å². The predicted molar refractivity (Wildman–Crippen MR) is 188 cm³/mol. The fourth-order valence-corrected chi connectivity index (χ4v) is 5.47. The summed E-state index contributed by atoms with van der Waals surface area (Å²) in [4.78, 5) is 25.5. The minimum absolute atomic E-state index is 0.294. The minimum atomic E-state index is -0.560. The van der Waals surface area contributed by atoms with Crippen molar-refractivity contribution in [3.63, 3.8) is 0 Å². The van der Waals surface area contributed by atoms with Crippen LogP contribution < -0.4 is 14.2 Å². The van der Waals surface area contributed by atoms with Gasteiger partial charge in [0.25, 0.3) is 0 Å². The zero-order valence-corrected chi connectivity index (χ0v) is 28.9. The second-order valence-corrected chi connectivity index (χ2v) is 13.1. The Balaban J connectivity index is 1.42. The van der Waals surface area contributed by atoms with Gasteiger partial charge in [0.1, 0.15) is 17.2 Å². The molecule has 3 rings (SSSR count). The van der Waals surface area contributed by atoms with Crippen molar-refractivity contribution in [3.8, 4) is 23.3 Å². The van der Waals surface area contributed by atoms with Gasteiger partial charge in [-0.1, -0.05) is 98.0 Å². The van der Waals surface area contributed by atoms with E-state index in [0.717, 1.165) is 36.5 Å². The van der Waals surface area contributed by atoms with E-state index in [1.807, 2.05) is 6.07 Å². The molecule has 252 valence electrons. The number of carbonyl (C=O) groups excluding carboxylic acids is 2. The van der Waals surface area contributed by atoms with Crippen LogP contribution in [0.25, 0.3) is 0 Å². The van der Waals surface area contributed by atoms with E-state index < -0.39 is 11.9 Å². The largest absolute Gasteiger partial charge is 0.494 e. The minimum Gasteiger partial charge on any atom is -0.494 e. The lowest BCUT2D eigenvalue weighted by molar-refractivity contribution is 0.0730. The molecular formula is C41H53NO5. The molecule has 0 aliphatic carbocycles. The Bertz CT molecular complexity index is 1410. The Morgan fingerprint density at radius 2 is 1.21 bits per heavy atom. The first-order valence-electron chi connectivity index (χ1n) is 17.6. The smallest absolute Gasteiger partial charge is 0.343 e. The lowest BCUT2D eigenvalue weighted by atomic mass is 9.92. The summed E-state index contributed by atoms with van der Waals surface area (Å²) in [6.07, 6.45) is 15.5. The lowest BCUT2D eigenvalue weighted by Gasteiger charge is -2.13. The zero-order valence-electron chi connectivity index (χ0n) is 28.9. The summed E-state index contributed by atoms with van der Waals surface area (Å²) in [5, 5.41) is 9.72. The molecule has 0 N–H and O–H groups in total. The number of aryl methyl sites for hydroxylation is 1. The van der Waals surface area contributed by atoms with E-state index in [2.05, 4.69) is 33.8 Å². The molecule has 0 saturated carbocycles. The van der Waals surface area contributed by atoms with E-state index in [9.17, 15) is 14.9 Å². The summed E-state index contributed by atoms with van der Waals surface area (Å²) in [5.74, 6) is 1.69. The Hall–Kier alpha value is -4.11. The van der Waals surface area contributed by atoms with Crippen LogP contribution in [0.2, 0.25) is 0 Å². The summed E-state index contributed by atoms with van der Waals surface area (Å²) in [6, 6.07) is 20.6. The first kappa shape index (κ1) is 37.3. The number of hydrogen-bond donors (Lipinski definition) is 0. The first-order chi connectivity index (χ1) is 22.8. The average Bonchev–Trinajstić information content (AvgIpc) is 3.07. The fourth-order valence-electron chi connectivity index (χ4n) is 5.47. The van der Waals surface area contributed by atoms with Gasteiger partial charge in [-0.3, -0.25) is 0 Å². The first-order valence-corrected chi connectivity index (χ1v) is 17.6. The molecule has 0 bridgehead atoms. The fraction of sp³-hybridized carbons (Fsp3) is 0.488. The molecule has 0 aliphatic heterocycles. The monoisotopic (exact) mass is 639 g/mol. The molecule has 3 aromatic carbocycles. The molecule has 47 heavy (non-hydrogen) atoms. The van der Waals surface area contributed by atoms with E-state index >= 15 is 0 Å².